The second-order valence-corrected chi connectivity index (χ2v) is 9.12. The highest BCUT2D eigenvalue weighted by atomic mass is 19.4. The third-order valence-corrected chi connectivity index (χ3v) is 6.60. The maximum atomic E-state index is 13.2. The molecule has 2 amide bonds. The first-order chi connectivity index (χ1) is 18.5. The van der Waals surface area contributed by atoms with E-state index in [2.05, 4.69) is 22.0 Å². The summed E-state index contributed by atoms with van der Waals surface area (Å²) in [7, 11) is 1.37. The Hall–Kier alpha value is -4.47. The van der Waals surface area contributed by atoms with Crippen LogP contribution in [0.2, 0.25) is 0 Å². The third-order valence-electron chi connectivity index (χ3n) is 6.60. The quantitative estimate of drug-likeness (QED) is 0.459. The predicted octanol–water partition coefficient (Wildman–Crippen LogP) is 3.08. The van der Waals surface area contributed by atoms with Gasteiger partial charge in [-0.05, 0) is 50.3 Å². The van der Waals surface area contributed by atoms with Crippen LogP contribution in [0, 0.1) is 11.8 Å². The number of hydrogen-bond donors (Lipinski definition) is 2. The molecule has 3 heterocycles. The van der Waals surface area contributed by atoms with E-state index in [1.807, 2.05) is 0 Å². The fourth-order valence-electron chi connectivity index (χ4n) is 4.71. The van der Waals surface area contributed by atoms with Crippen LogP contribution in [0.1, 0.15) is 53.7 Å². The summed E-state index contributed by atoms with van der Waals surface area (Å²) in [6.45, 7) is 2.58. The number of carbonyl (C=O) groups is 2. The van der Waals surface area contributed by atoms with Crippen LogP contribution < -0.4 is 16.2 Å². The van der Waals surface area contributed by atoms with Crippen LogP contribution in [0.3, 0.4) is 0 Å². The number of primary amides is 1. The van der Waals surface area contributed by atoms with Gasteiger partial charge in [0.15, 0.2) is 0 Å². The number of ether oxygens (including phenoxy) is 1. The second kappa shape index (κ2) is 11.1. The molecule has 13 heteroatoms. The van der Waals surface area contributed by atoms with Crippen molar-refractivity contribution in [3.8, 4) is 28.8 Å². The second-order valence-electron chi connectivity index (χ2n) is 9.12. The molecule has 1 aliphatic heterocycles. The minimum absolute atomic E-state index is 0.0255. The molecule has 206 valence electrons. The standard InChI is InChI=1S/C26H28F3N7O3/c1-3-5-21(37)34-10-4-6-19(9-11-34)36-24(30)22(25(31)38)23(33-36)17-13-32-35(15-17)14-16-12-18(26(27,28)29)7-8-20(16)39-2/h7-8,12-13,15,19H,4,6,9-11,14,30H2,1-2H3,(H2,31,38)/t19-/m0/s1. The molecular weight excluding hydrogens is 515 g/mol. The molecule has 1 atom stereocenters. The lowest BCUT2D eigenvalue weighted by atomic mass is 10.1. The monoisotopic (exact) mass is 543 g/mol. The molecule has 2 aromatic heterocycles. The van der Waals surface area contributed by atoms with Gasteiger partial charge in [0.25, 0.3) is 11.8 Å². The van der Waals surface area contributed by atoms with Gasteiger partial charge in [-0.1, -0.05) is 5.92 Å². The Morgan fingerprint density at radius 2 is 2.00 bits per heavy atom. The molecule has 4 N–H and O–H groups in total. The van der Waals surface area contributed by atoms with Crippen LogP contribution in [-0.2, 0) is 17.5 Å². The highest BCUT2D eigenvalue weighted by Gasteiger charge is 2.31. The Morgan fingerprint density at radius 1 is 1.23 bits per heavy atom. The largest absolute Gasteiger partial charge is 0.496 e. The van der Waals surface area contributed by atoms with E-state index in [1.54, 1.807) is 22.7 Å². The Balaban J connectivity index is 1.63. The summed E-state index contributed by atoms with van der Waals surface area (Å²) in [5, 5.41) is 8.86. The van der Waals surface area contributed by atoms with Crippen molar-refractivity contribution in [2.75, 3.05) is 25.9 Å². The van der Waals surface area contributed by atoms with Gasteiger partial charge >= 0.3 is 6.18 Å². The number of methoxy groups -OCH3 is 1. The average Bonchev–Trinajstić information content (AvgIpc) is 3.39. The summed E-state index contributed by atoms with van der Waals surface area (Å²) in [5.41, 5.74) is 12.1. The van der Waals surface area contributed by atoms with Crippen molar-refractivity contribution in [2.45, 2.75) is 44.9 Å². The summed E-state index contributed by atoms with van der Waals surface area (Å²) in [4.78, 5) is 26.3. The van der Waals surface area contributed by atoms with Gasteiger partial charge in [-0.3, -0.25) is 14.3 Å². The first-order valence-electron chi connectivity index (χ1n) is 12.2. The Morgan fingerprint density at radius 3 is 2.67 bits per heavy atom. The molecule has 39 heavy (non-hydrogen) atoms. The lowest BCUT2D eigenvalue weighted by Crippen LogP contribution is -2.31. The van der Waals surface area contributed by atoms with Crippen molar-refractivity contribution >= 4 is 17.6 Å². The number of carbonyl (C=O) groups excluding carboxylic acids is 2. The highest BCUT2D eigenvalue weighted by Crippen LogP contribution is 2.34. The van der Waals surface area contributed by atoms with Crippen molar-refractivity contribution < 1.29 is 27.5 Å². The molecule has 0 saturated carbocycles. The Bertz CT molecular complexity index is 1450. The van der Waals surface area contributed by atoms with Gasteiger partial charge in [0.1, 0.15) is 22.8 Å². The normalized spacial score (nSPS) is 15.8. The van der Waals surface area contributed by atoms with E-state index >= 15 is 0 Å². The smallest absolute Gasteiger partial charge is 0.416 e. The molecule has 1 fully saturated rings. The lowest BCUT2D eigenvalue weighted by molar-refractivity contribution is -0.137. The predicted molar refractivity (Wildman–Crippen MR) is 136 cm³/mol. The number of halogens is 3. The van der Waals surface area contributed by atoms with Crippen molar-refractivity contribution in [2.24, 2.45) is 5.73 Å². The van der Waals surface area contributed by atoms with Crippen LogP contribution in [0.5, 0.6) is 5.75 Å². The maximum Gasteiger partial charge on any atom is 0.416 e. The Kier molecular flexibility index (Phi) is 7.85. The number of rotatable bonds is 6. The van der Waals surface area contributed by atoms with Gasteiger partial charge in [-0.25, -0.2) is 4.68 Å². The first kappa shape index (κ1) is 27.6. The van der Waals surface area contributed by atoms with E-state index in [1.165, 1.54) is 24.1 Å². The van der Waals surface area contributed by atoms with Crippen molar-refractivity contribution in [1.29, 1.82) is 0 Å². The fourth-order valence-corrected chi connectivity index (χ4v) is 4.71. The fraction of sp³-hybridized carbons (Fsp3) is 0.385. The van der Waals surface area contributed by atoms with Gasteiger partial charge in [-0.2, -0.15) is 23.4 Å². The van der Waals surface area contributed by atoms with E-state index in [-0.39, 0.29) is 46.9 Å². The van der Waals surface area contributed by atoms with Gasteiger partial charge in [0, 0.05) is 30.4 Å². The average molecular weight is 544 g/mol. The molecule has 3 aromatic rings. The van der Waals surface area contributed by atoms with Crippen LogP contribution in [0.15, 0.2) is 30.6 Å². The van der Waals surface area contributed by atoms with Gasteiger partial charge in [0.05, 0.1) is 31.5 Å². The SMILES string of the molecule is CC#CC(=O)N1CCC[C@H](n2nc(-c3cnn(Cc4cc(C(F)(F)F)ccc4OC)c3)c(C(N)=O)c2N)CC1. The lowest BCUT2D eigenvalue weighted by Gasteiger charge is -2.18. The number of likely N-dealkylation sites (tertiary alicyclic amines) is 1. The molecule has 0 spiro atoms. The molecule has 10 nitrogen and oxygen atoms in total. The molecule has 0 radical (unpaired) electrons. The number of nitrogens with zero attached hydrogens (tertiary/aromatic N) is 5. The highest BCUT2D eigenvalue weighted by molar-refractivity contribution is 6.03. The molecule has 0 aliphatic carbocycles. The molecule has 1 aliphatic rings. The number of anilines is 1. The summed E-state index contributed by atoms with van der Waals surface area (Å²) in [6.07, 6.45) is 0.392. The zero-order valence-electron chi connectivity index (χ0n) is 21.5. The molecule has 1 saturated heterocycles. The topological polar surface area (TPSA) is 134 Å². The van der Waals surface area contributed by atoms with Gasteiger partial charge in [-0.15, -0.1) is 0 Å². The summed E-state index contributed by atoms with van der Waals surface area (Å²) in [5.74, 6) is 4.53. The molecule has 0 bridgehead atoms. The number of hydrogen-bond acceptors (Lipinski definition) is 6. The van der Waals surface area contributed by atoms with Crippen LogP contribution in [0.25, 0.3) is 11.3 Å². The molecule has 0 unspecified atom stereocenters. The number of amides is 2. The van der Waals surface area contributed by atoms with E-state index < -0.39 is 17.6 Å². The number of alkyl halides is 3. The molecular formula is C26H28F3N7O3. The zero-order valence-corrected chi connectivity index (χ0v) is 21.5. The number of aromatic nitrogens is 4. The zero-order chi connectivity index (χ0) is 28.3. The minimum Gasteiger partial charge on any atom is -0.496 e. The van der Waals surface area contributed by atoms with Crippen molar-refractivity contribution in [3.63, 3.8) is 0 Å². The number of nitrogens with two attached hydrogens (primary N) is 2. The first-order valence-corrected chi connectivity index (χ1v) is 12.2. The van der Waals surface area contributed by atoms with Crippen LogP contribution >= 0.6 is 0 Å². The van der Waals surface area contributed by atoms with E-state index in [0.29, 0.717) is 37.9 Å². The summed E-state index contributed by atoms with van der Waals surface area (Å²) < 4.78 is 47.9. The number of nitrogen functional groups attached to an aromatic ring is 1. The van der Waals surface area contributed by atoms with Gasteiger partial charge in [0.2, 0.25) is 0 Å². The van der Waals surface area contributed by atoms with Crippen LogP contribution in [0.4, 0.5) is 19.0 Å². The third kappa shape index (κ3) is 5.84. The van der Waals surface area contributed by atoms with Gasteiger partial charge < -0.3 is 21.1 Å². The Labute approximate surface area is 222 Å². The van der Waals surface area contributed by atoms with Crippen LogP contribution in [-0.4, -0.2) is 56.5 Å². The summed E-state index contributed by atoms with van der Waals surface area (Å²) in [6, 6.07) is 3.03. The molecule has 4 rings (SSSR count). The maximum absolute atomic E-state index is 13.2. The van der Waals surface area contributed by atoms with E-state index in [9.17, 15) is 22.8 Å². The minimum atomic E-state index is -4.51. The van der Waals surface area contributed by atoms with E-state index in [0.717, 1.165) is 12.1 Å². The van der Waals surface area contributed by atoms with Crippen molar-refractivity contribution in [1.82, 2.24) is 24.5 Å². The number of benzene rings is 1. The van der Waals surface area contributed by atoms with Crippen molar-refractivity contribution in [3.05, 3.63) is 47.3 Å². The molecule has 1 aromatic carbocycles. The summed E-state index contributed by atoms with van der Waals surface area (Å²) >= 11 is 0. The van der Waals surface area contributed by atoms with E-state index in [4.69, 9.17) is 16.2 Å².